The van der Waals surface area contributed by atoms with Gasteiger partial charge in [-0.3, -0.25) is 9.59 Å². The Balaban J connectivity index is 1.83. The molecule has 7 N–H and O–H groups in total. The summed E-state index contributed by atoms with van der Waals surface area (Å²) >= 11 is 0. The molecular weight excluding hydrogens is 805 g/mol. The Hall–Kier alpha value is -2.02. The molecule has 11 atom stereocenters. The summed E-state index contributed by atoms with van der Waals surface area (Å²) in [6, 6.07) is 0. The van der Waals surface area contributed by atoms with Gasteiger partial charge in [0.15, 0.2) is 18.7 Å². The second-order valence-corrected chi connectivity index (χ2v) is 16.9. The standard InChI is InChI=1S/C47H84O15/c1-3-5-7-9-11-13-14-15-16-17-18-19-20-22-24-26-28-30-39(50)60-35(32-57-38(49)29-27-25-23-21-12-10-8-6-4-2)33-58-46-45(56)43(54)41(52)37(62-46)34-59-47-44(55)42(53)40(51)36(31-48)61-47/h11,13,15-16,35-37,40-48,51-56H,3-10,12,14,17-34H2,1-2H3/b13-11+,16-15+/t35-,36+,37+,40-,41-,42?,43?,44?,45?,46+,47+/m1/s1. The summed E-state index contributed by atoms with van der Waals surface area (Å²) in [6.07, 6.45) is 16.5. The summed E-state index contributed by atoms with van der Waals surface area (Å²) in [5.74, 6) is -0.934. The minimum atomic E-state index is -1.76. The Morgan fingerprint density at radius 3 is 1.53 bits per heavy atom. The first-order valence-corrected chi connectivity index (χ1v) is 23.9. The van der Waals surface area contributed by atoms with E-state index in [0.717, 1.165) is 64.2 Å². The van der Waals surface area contributed by atoms with Gasteiger partial charge >= 0.3 is 11.9 Å². The summed E-state index contributed by atoms with van der Waals surface area (Å²) in [5.41, 5.74) is 0. The number of rotatable bonds is 36. The Morgan fingerprint density at radius 1 is 0.516 bits per heavy atom. The highest BCUT2D eigenvalue weighted by atomic mass is 16.7. The first-order chi connectivity index (χ1) is 30.0. The molecule has 0 aromatic heterocycles. The first kappa shape index (κ1) is 56.1. The van der Waals surface area contributed by atoms with E-state index in [9.17, 15) is 45.3 Å². The van der Waals surface area contributed by atoms with Crippen molar-refractivity contribution < 1.29 is 73.8 Å². The van der Waals surface area contributed by atoms with Gasteiger partial charge < -0.3 is 64.2 Å². The lowest BCUT2D eigenvalue weighted by Gasteiger charge is -2.42. The highest BCUT2D eigenvalue weighted by Gasteiger charge is 2.47. The molecule has 15 nitrogen and oxygen atoms in total. The van der Waals surface area contributed by atoms with Gasteiger partial charge in [-0.25, -0.2) is 0 Å². The van der Waals surface area contributed by atoms with Crippen LogP contribution in [-0.2, 0) is 38.0 Å². The molecule has 2 rings (SSSR count). The van der Waals surface area contributed by atoms with Crippen molar-refractivity contribution in [2.75, 3.05) is 26.4 Å². The quantitative estimate of drug-likeness (QED) is 0.0231. The Labute approximate surface area is 371 Å². The number of allylic oxidation sites excluding steroid dienone is 4. The van der Waals surface area contributed by atoms with Crippen LogP contribution in [0.25, 0.3) is 0 Å². The van der Waals surface area contributed by atoms with Crippen LogP contribution < -0.4 is 0 Å². The molecule has 0 radical (unpaired) electrons. The van der Waals surface area contributed by atoms with Crippen molar-refractivity contribution >= 4 is 11.9 Å². The molecule has 0 bridgehead atoms. The van der Waals surface area contributed by atoms with E-state index in [1.807, 2.05) is 0 Å². The summed E-state index contributed by atoms with van der Waals surface area (Å²) in [6.45, 7) is 2.52. The molecule has 2 saturated heterocycles. The van der Waals surface area contributed by atoms with E-state index in [0.29, 0.717) is 12.8 Å². The molecule has 62 heavy (non-hydrogen) atoms. The van der Waals surface area contributed by atoms with Crippen molar-refractivity contribution in [1.29, 1.82) is 0 Å². The number of ether oxygens (including phenoxy) is 6. The highest BCUT2D eigenvalue weighted by Crippen LogP contribution is 2.26. The van der Waals surface area contributed by atoms with E-state index < -0.39 is 92.7 Å². The number of aliphatic hydroxyl groups excluding tert-OH is 7. The van der Waals surface area contributed by atoms with E-state index in [4.69, 9.17) is 28.4 Å². The van der Waals surface area contributed by atoms with Crippen molar-refractivity contribution in [1.82, 2.24) is 0 Å². The van der Waals surface area contributed by atoms with E-state index in [1.165, 1.54) is 64.2 Å². The van der Waals surface area contributed by atoms with Gasteiger partial charge in [-0.05, 0) is 44.9 Å². The van der Waals surface area contributed by atoms with Crippen molar-refractivity contribution in [3.8, 4) is 0 Å². The number of hydrogen-bond acceptors (Lipinski definition) is 15. The van der Waals surface area contributed by atoms with Crippen LogP contribution in [0, 0.1) is 0 Å². The van der Waals surface area contributed by atoms with Crippen molar-refractivity contribution in [2.45, 2.75) is 235 Å². The molecule has 362 valence electrons. The molecule has 2 aliphatic heterocycles. The van der Waals surface area contributed by atoms with E-state index in [2.05, 4.69) is 38.2 Å². The largest absolute Gasteiger partial charge is 0.462 e. The average Bonchev–Trinajstić information content (AvgIpc) is 3.26. The summed E-state index contributed by atoms with van der Waals surface area (Å²) < 4.78 is 33.4. The molecule has 0 aliphatic carbocycles. The van der Waals surface area contributed by atoms with Gasteiger partial charge in [0.2, 0.25) is 0 Å². The van der Waals surface area contributed by atoms with Crippen LogP contribution in [0.2, 0.25) is 0 Å². The second kappa shape index (κ2) is 35.3. The van der Waals surface area contributed by atoms with Crippen LogP contribution in [0.3, 0.4) is 0 Å². The number of hydrogen-bond donors (Lipinski definition) is 7. The third kappa shape index (κ3) is 23.8. The first-order valence-electron chi connectivity index (χ1n) is 23.9. The molecule has 0 amide bonds. The van der Waals surface area contributed by atoms with Gasteiger partial charge in [0, 0.05) is 12.8 Å². The zero-order valence-electron chi connectivity index (χ0n) is 37.9. The minimum Gasteiger partial charge on any atom is -0.462 e. The van der Waals surface area contributed by atoms with Gasteiger partial charge in [0.05, 0.1) is 19.8 Å². The molecule has 0 spiro atoms. The molecule has 15 heteroatoms. The number of carbonyl (C=O) groups is 2. The van der Waals surface area contributed by atoms with Gasteiger partial charge in [-0.1, -0.05) is 134 Å². The Kier molecular flexibility index (Phi) is 31.9. The maximum absolute atomic E-state index is 12.9. The van der Waals surface area contributed by atoms with Gasteiger partial charge in [0.25, 0.3) is 0 Å². The SMILES string of the molecule is CCCCC/C=C/C/C=C/CCCCCCCCCC(=O)O[C@H](COC(=O)CCCCCCCCCCC)CO[C@H]1O[C@@H](CO[C@H]2O[C@@H](CO)[C@@H](O)C(O)C2O)[C@@H](O)C(O)C1O. The van der Waals surface area contributed by atoms with E-state index >= 15 is 0 Å². The normalized spacial score (nSPS) is 27.2. The van der Waals surface area contributed by atoms with E-state index in [1.54, 1.807) is 0 Å². The monoisotopic (exact) mass is 889 g/mol. The fraction of sp³-hybridized carbons (Fsp3) is 0.872. The lowest BCUT2D eigenvalue weighted by Crippen LogP contribution is -2.61. The minimum absolute atomic E-state index is 0.158. The van der Waals surface area contributed by atoms with Crippen molar-refractivity contribution in [3.05, 3.63) is 24.3 Å². The Bertz CT molecular complexity index is 1180. The van der Waals surface area contributed by atoms with Crippen LogP contribution in [0.15, 0.2) is 24.3 Å². The van der Waals surface area contributed by atoms with Crippen molar-refractivity contribution in [3.63, 3.8) is 0 Å². The summed E-state index contributed by atoms with van der Waals surface area (Å²) in [7, 11) is 0. The van der Waals surface area contributed by atoms with Crippen LogP contribution in [0.1, 0.15) is 168 Å². The predicted molar refractivity (Wildman–Crippen MR) is 234 cm³/mol. The molecule has 0 saturated carbocycles. The van der Waals surface area contributed by atoms with Crippen LogP contribution in [0.5, 0.6) is 0 Å². The topological polar surface area (TPSA) is 231 Å². The van der Waals surface area contributed by atoms with Crippen LogP contribution in [-0.4, -0.2) is 142 Å². The number of aliphatic hydroxyl groups is 7. The van der Waals surface area contributed by atoms with Crippen LogP contribution >= 0.6 is 0 Å². The van der Waals surface area contributed by atoms with E-state index in [-0.39, 0.29) is 26.1 Å². The lowest BCUT2D eigenvalue weighted by atomic mass is 9.98. The maximum atomic E-state index is 12.9. The fourth-order valence-corrected chi connectivity index (χ4v) is 7.42. The number of carbonyl (C=O) groups excluding carboxylic acids is 2. The molecule has 0 aromatic rings. The summed E-state index contributed by atoms with van der Waals surface area (Å²) in [4.78, 5) is 25.6. The van der Waals surface area contributed by atoms with Crippen LogP contribution in [0.4, 0.5) is 0 Å². The molecule has 0 aromatic carbocycles. The van der Waals surface area contributed by atoms with Gasteiger partial charge in [0.1, 0.15) is 55.4 Å². The smallest absolute Gasteiger partial charge is 0.306 e. The molecule has 2 heterocycles. The fourth-order valence-electron chi connectivity index (χ4n) is 7.42. The molecule has 4 unspecified atom stereocenters. The number of unbranched alkanes of at least 4 members (excludes halogenated alkanes) is 18. The molecule has 2 aliphatic rings. The second-order valence-electron chi connectivity index (χ2n) is 16.9. The maximum Gasteiger partial charge on any atom is 0.306 e. The third-order valence-corrected chi connectivity index (χ3v) is 11.4. The van der Waals surface area contributed by atoms with Gasteiger partial charge in [-0.2, -0.15) is 0 Å². The molecule has 2 fully saturated rings. The zero-order valence-corrected chi connectivity index (χ0v) is 37.9. The number of esters is 2. The average molecular weight is 889 g/mol. The predicted octanol–water partition coefficient (Wildman–Crippen LogP) is 5.60. The lowest BCUT2D eigenvalue weighted by molar-refractivity contribution is -0.332. The zero-order chi connectivity index (χ0) is 45.4. The summed E-state index contributed by atoms with van der Waals surface area (Å²) in [5, 5.41) is 71.9. The Morgan fingerprint density at radius 2 is 0.968 bits per heavy atom. The highest BCUT2D eigenvalue weighted by molar-refractivity contribution is 5.70. The third-order valence-electron chi connectivity index (χ3n) is 11.4. The molecular formula is C47H84O15. The van der Waals surface area contributed by atoms with Crippen molar-refractivity contribution in [2.24, 2.45) is 0 Å². The van der Waals surface area contributed by atoms with Gasteiger partial charge in [-0.15, -0.1) is 0 Å².